The molecule has 3 atom stereocenters. The Labute approximate surface area is 436 Å². The Morgan fingerprint density at radius 1 is 0.427 bits per heavy atom. The van der Waals surface area contributed by atoms with E-state index in [9.17, 15) is 0 Å². The van der Waals surface area contributed by atoms with Gasteiger partial charge in [0.15, 0.2) is 0 Å². The Morgan fingerprint density at radius 3 is 1.79 bits per heavy atom. The maximum Gasteiger partial charge on any atom is 0.231 e. The molecule has 0 saturated carbocycles. The van der Waals surface area contributed by atoms with E-state index in [1.54, 1.807) is 0 Å². The molecule has 5 nitrogen and oxygen atoms in total. The zero-order valence-corrected chi connectivity index (χ0v) is 41.1. The van der Waals surface area contributed by atoms with Crippen molar-refractivity contribution in [3.8, 4) is 50.5 Å². The summed E-state index contributed by atoms with van der Waals surface area (Å²) in [6, 6.07) is 85.5. The highest BCUT2D eigenvalue weighted by Gasteiger charge is 2.39. The van der Waals surface area contributed by atoms with Crippen molar-refractivity contribution >= 4 is 50.4 Å². The second kappa shape index (κ2) is 17.6. The predicted octanol–water partition coefficient (Wildman–Crippen LogP) is 17.3. The highest BCUT2D eigenvalue weighted by Crippen LogP contribution is 2.52. The molecule has 3 unspecified atom stereocenters. The van der Waals surface area contributed by atoms with E-state index in [0.29, 0.717) is 5.95 Å². The first-order chi connectivity index (χ1) is 37.2. The minimum absolute atomic E-state index is 0.0459. The van der Waals surface area contributed by atoms with E-state index in [1.807, 2.05) is 0 Å². The molecule has 0 bridgehead atoms. The molecule has 11 aromatic rings. The molecule has 0 radical (unpaired) electrons. The van der Waals surface area contributed by atoms with Crippen LogP contribution in [-0.4, -0.2) is 26.6 Å². The Kier molecular flexibility index (Phi) is 10.1. The highest BCUT2D eigenvalue weighted by molar-refractivity contribution is 6.10. The summed E-state index contributed by atoms with van der Waals surface area (Å²) in [7, 11) is 0. The molecule has 0 fully saturated rings. The van der Waals surface area contributed by atoms with Crippen LogP contribution in [0.15, 0.2) is 278 Å². The molecule has 15 rings (SSSR count). The van der Waals surface area contributed by atoms with Crippen molar-refractivity contribution in [1.82, 2.24) is 14.5 Å². The van der Waals surface area contributed by atoms with Gasteiger partial charge in [-0.1, -0.05) is 194 Å². The SMILES string of the molecule is C1=CC2C(C=C1C1=CCC3C(=C1)c1ccccc1N3c1ccccc1)c1ccccc1-c1cc(-c3ccc4c(c3)c3ccccc3n4-c3ccccc3)ccc1N2c1nc(-c2ccccc2)cc(-c2ccccc2)n1. The lowest BCUT2D eigenvalue weighted by Crippen LogP contribution is -2.36. The monoisotopic (exact) mass is 959 g/mol. The van der Waals surface area contributed by atoms with Gasteiger partial charge in [0.05, 0.1) is 40.2 Å². The zero-order valence-electron chi connectivity index (χ0n) is 41.1. The predicted molar refractivity (Wildman–Crippen MR) is 310 cm³/mol. The lowest BCUT2D eigenvalue weighted by molar-refractivity contribution is 0.680. The van der Waals surface area contributed by atoms with Crippen LogP contribution >= 0.6 is 0 Å². The van der Waals surface area contributed by atoms with Gasteiger partial charge in [0.1, 0.15) is 0 Å². The lowest BCUT2D eigenvalue weighted by Gasteiger charge is -2.36. The third kappa shape index (κ3) is 7.15. The fourth-order valence-electron chi connectivity index (χ4n) is 12.4. The molecule has 0 amide bonds. The number of rotatable bonds is 7. The summed E-state index contributed by atoms with van der Waals surface area (Å²) in [6.07, 6.45) is 13.1. The summed E-state index contributed by atoms with van der Waals surface area (Å²) in [4.78, 5) is 16.0. The van der Waals surface area contributed by atoms with E-state index in [2.05, 4.69) is 281 Å². The molecular formula is C70H49N5. The van der Waals surface area contributed by atoms with E-state index in [-0.39, 0.29) is 18.0 Å². The van der Waals surface area contributed by atoms with Crippen molar-refractivity contribution in [3.63, 3.8) is 0 Å². The largest absolute Gasteiger partial charge is 0.333 e. The Hall–Kier alpha value is -9.58. The van der Waals surface area contributed by atoms with Crippen LogP contribution in [0.3, 0.4) is 0 Å². The summed E-state index contributed by atoms with van der Waals surface area (Å²) < 4.78 is 2.38. The molecule has 5 heteroatoms. The Balaban J connectivity index is 0.909. The van der Waals surface area contributed by atoms with Gasteiger partial charge in [0.25, 0.3) is 0 Å². The number of hydrogen-bond acceptors (Lipinski definition) is 4. The minimum Gasteiger partial charge on any atom is -0.333 e. The number of fused-ring (bicyclic) bond motifs is 11. The van der Waals surface area contributed by atoms with Crippen molar-refractivity contribution in [2.24, 2.45) is 0 Å². The van der Waals surface area contributed by atoms with Gasteiger partial charge in [-0.2, -0.15) is 0 Å². The van der Waals surface area contributed by atoms with Crippen LogP contribution in [0.1, 0.15) is 23.5 Å². The first-order valence-electron chi connectivity index (χ1n) is 26.1. The summed E-state index contributed by atoms with van der Waals surface area (Å²) in [5.41, 5.74) is 22.0. The number of anilines is 4. The fraction of sp³-hybridized carbons (Fsp3) is 0.0571. The maximum absolute atomic E-state index is 5.55. The molecular weight excluding hydrogens is 911 g/mol. The maximum atomic E-state index is 5.55. The van der Waals surface area contributed by atoms with Crippen LogP contribution in [0.25, 0.3) is 77.8 Å². The number of benzene rings is 9. The van der Waals surface area contributed by atoms with Crippen LogP contribution in [0.4, 0.5) is 23.0 Å². The standard InChI is InChI=1S/C70H49N5/c1-5-19-46(20-6-1)62-45-63(47-21-7-2-8-22-47)72-70(71-62)75-68-39-35-48(50-33-37-66-60(43-50)56-29-15-17-31-64(56)73(66)52-23-9-3-10-24-52)41-58(68)54-27-13-14-28-55(54)59-42-49(36-40-69(59)75)51-34-38-67-61(44-51)57-30-16-18-32-65(57)74(67)53-25-11-4-12-26-53/h1-37,39-45,59,67,69H,38H2. The van der Waals surface area contributed by atoms with Gasteiger partial charge < -0.3 is 14.4 Å². The van der Waals surface area contributed by atoms with Crippen molar-refractivity contribution < 1.29 is 0 Å². The van der Waals surface area contributed by atoms with Crippen molar-refractivity contribution in [2.45, 2.75) is 24.4 Å². The van der Waals surface area contributed by atoms with E-state index >= 15 is 0 Å². The van der Waals surface area contributed by atoms with Gasteiger partial charge in [-0.05, 0) is 118 Å². The van der Waals surface area contributed by atoms with Crippen molar-refractivity contribution in [1.29, 1.82) is 0 Å². The molecule has 354 valence electrons. The van der Waals surface area contributed by atoms with Gasteiger partial charge in [0, 0.05) is 56.0 Å². The minimum atomic E-state index is -0.150. The third-order valence-corrected chi connectivity index (χ3v) is 15.8. The van der Waals surface area contributed by atoms with Crippen molar-refractivity contribution in [3.05, 3.63) is 289 Å². The van der Waals surface area contributed by atoms with Crippen LogP contribution in [0.2, 0.25) is 0 Å². The topological polar surface area (TPSA) is 37.2 Å². The molecule has 75 heavy (non-hydrogen) atoms. The second-order valence-corrected chi connectivity index (χ2v) is 20.0. The molecule has 4 heterocycles. The fourth-order valence-corrected chi connectivity index (χ4v) is 12.4. The van der Waals surface area contributed by atoms with Crippen LogP contribution in [0.5, 0.6) is 0 Å². The summed E-state index contributed by atoms with van der Waals surface area (Å²) in [5.74, 6) is 0.615. The quantitative estimate of drug-likeness (QED) is 0.159. The lowest BCUT2D eigenvalue weighted by atomic mass is 9.80. The molecule has 2 aliphatic carbocycles. The number of hydrogen-bond donors (Lipinski definition) is 0. The van der Waals surface area contributed by atoms with E-state index < -0.39 is 0 Å². The summed E-state index contributed by atoms with van der Waals surface area (Å²) in [6.45, 7) is 0. The van der Waals surface area contributed by atoms with Gasteiger partial charge >= 0.3 is 0 Å². The van der Waals surface area contributed by atoms with Crippen LogP contribution in [0, 0.1) is 0 Å². The number of nitrogens with zero attached hydrogens (tertiary/aromatic N) is 5. The van der Waals surface area contributed by atoms with E-state index in [0.717, 1.165) is 57.0 Å². The van der Waals surface area contributed by atoms with E-state index in [1.165, 1.54) is 66.6 Å². The van der Waals surface area contributed by atoms with Gasteiger partial charge in [-0.3, -0.25) is 0 Å². The zero-order chi connectivity index (χ0) is 49.4. The summed E-state index contributed by atoms with van der Waals surface area (Å²) in [5, 5.41) is 2.46. The molecule has 9 aromatic carbocycles. The third-order valence-electron chi connectivity index (χ3n) is 15.8. The molecule has 0 spiro atoms. The average Bonchev–Trinajstić information content (AvgIpc) is 3.96. The highest BCUT2D eigenvalue weighted by atomic mass is 15.3. The van der Waals surface area contributed by atoms with Gasteiger partial charge in [-0.15, -0.1) is 0 Å². The second-order valence-electron chi connectivity index (χ2n) is 20.0. The van der Waals surface area contributed by atoms with Crippen LogP contribution < -0.4 is 9.80 Å². The van der Waals surface area contributed by atoms with Crippen LogP contribution in [-0.2, 0) is 0 Å². The van der Waals surface area contributed by atoms with Gasteiger partial charge in [0.2, 0.25) is 5.95 Å². The average molecular weight is 960 g/mol. The number of aromatic nitrogens is 3. The molecule has 2 aromatic heterocycles. The van der Waals surface area contributed by atoms with Gasteiger partial charge in [-0.25, -0.2) is 9.97 Å². The first-order valence-corrected chi connectivity index (χ1v) is 26.1. The number of allylic oxidation sites excluding steroid dienone is 4. The molecule has 0 saturated heterocycles. The smallest absolute Gasteiger partial charge is 0.231 e. The first kappa shape index (κ1) is 43.0. The number of para-hydroxylation sites is 4. The van der Waals surface area contributed by atoms with Crippen molar-refractivity contribution in [2.75, 3.05) is 9.80 Å². The normalized spacial score (nSPS) is 17.3. The molecule has 2 aliphatic heterocycles. The Bertz CT molecular complexity index is 4110. The molecule has 4 aliphatic rings. The molecule has 0 N–H and O–H groups in total. The Morgan fingerprint density at radius 2 is 1.03 bits per heavy atom. The van der Waals surface area contributed by atoms with E-state index in [4.69, 9.17) is 9.97 Å². The summed E-state index contributed by atoms with van der Waals surface area (Å²) >= 11 is 0.